The topological polar surface area (TPSA) is 32.7 Å². The second kappa shape index (κ2) is 7.73. The van der Waals surface area contributed by atoms with E-state index < -0.39 is 0 Å². The van der Waals surface area contributed by atoms with E-state index in [0.29, 0.717) is 5.75 Å². The van der Waals surface area contributed by atoms with Gasteiger partial charge in [0, 0.05) is 12.1 Å². The number of phenolic OH excluding ortho intramolecular Hbond substituents is 1. The fraction of sp³-hybridized carbons (Fsp3) is 0.300. The van der Waals surface area contributed by atoms with Crippen LogP contribution < -0.4 is 4.74 Å². The van der Waals surface area contributed by atoms with Crippen LogP contribution >= 0.6 is 12.4 Å². The molecule has 0 amide bonds. The molecule has 1 N–H and O–H groups in total. The van der Waals surface area contributed by atoms with Gasteiger partial charge in [0.25, 0.3) is 0 Å². The smallest absolute Gasteiger partial charge is 0.122 e. The average molecular weight is 346 g/mol. The zero-order chi connectivity index (χ0) is 16.4. The van der Waals surface area contributed by atoms with Crippen LogP contribution in [0.3, 0.4) is 0 Å². The molecule has 0 unspecified atom stereocenters. The van der Waals surface area contributed by atoms with Crippen LogP contribution in [0.5, 0.6) is 11.5 Å². The summed E-state index contributed by atoms with van der Waals surface area (Å²) in [5.74, 6) is 1.25. The first kappa shape index (κ1) is 18.4. The Bertz CT molecular complexity index is 753. The molecule has 2 aromatic rings. The van der Waals surface area contributed by atoms with Gasteiger partial charge in [-0.3, -0.25) is 0 Å². The molecule has 0 saturated heterocycles. The van der Waals surface area contributed by atoms with Crippen molar-refractivity contribution in [3.63, 3.8) is 0 Å². The van der Waals surface area contributed by atoms with E-state index in [-0.39, 0.29) is 12.4 Å². The number of benzene rings is 2. The maximum absolute atomic E-state index is 9.90. The maximum Gasteiger partial charge on any atom is 0.122 e. The highest BCUT2D eigenvalue weighted by Crippen LogP contribution is 2.40. The molecule has 0 saturated carbocycles. The molecule has 0 radical (unpaired) electrons. The molecule has 3 rings (SSSR count). The zero-order valence-electron chi connectivity index (χ0n) is 14.4. The van der Waals surface area contributed by atoms with Crippen LogP contribution in [0.15, 0.2) is 48.0 Å². The molecule has 1 aliphatic rings. The maximum atomic E-state index is 9.90. The van der Waals surface area contributed by atoms with Crippen molar-refractivity contribution in [1.82, 2.24) is 4.90 Å². The Hall–Kier alpha value is -1.97. The summed E-state index contributed by atoms with van der Waals surface area (Å²) in [5.41, 5.74) is 6.18. The van der Waals surface area contributed by atoms with Gasteiger partial charge in [-0.1, -0.05) is 24.3 Å². The Kier molecular flexibility index (Phi) is 5.92. The summed E-state index contributed by atoms with van der Waals surface area (Å²) in [7, 11) is 5.91. The molecule has 0 atom stereocenters. The molecule has 0 spiro atoms. The number of fused-ring (bicyclic) bond motifs is 1. The number of ether oxygens (including phenoxy) is 1. The largest absolute Gasteiger partial charge is 0.508 e. The van der Waals surface area contributed by atoms with Gasteiger partial charge < -0.3 is 14.7 Å². The van der Waals surface area contributed by atoms with Crippen LogP contribution in [0.1, 0.15) is 23.1 Å². The van der Waals surface area contributed by atoms with Gasteiger partial charge in [-0.15, -0.1) is 12.4 Å². The van der Waals surface area contributed by atoms with Gasteiger partial charge in [0.05, 0.1) is 7.11 Å². The Labute approximate surface area is 150 Å². The molecular weight excluding hydrogens is 322 g/mol. The highest BCUT2D eigenvalue weighted by Gasteiger charge is 2.23. The third-order valence-electron chi connectivity index (χ3n) is 4.29. The van der Waals surface area contributed by atoms with Crippen LogP contribution in [0, 0.1) is 0 Å². The Morgan fingerprint density at radius 1 is 1.08 bits per heavy atom. The minimum Gasteiger partial charge on any atom is -0.508 e. The molecule has 0 aliphatic heterocycles. The lowest BCUT2D eigenvalue weighted by atomic mass is 9.81. The van der Waals surface area contributed by atoms with Gasteiger partial charge in [0.1, 0.15) is 11.5 Å². The second-order valence-electron chi connectivity index (χ2n) is 6.25. The van der Waals surface area contributed by atoms with Crippen molar-refractivity contribution in [3.05, 3.63) is 64.7 Å². The molecule has 0 bridgehead atoms. The number of halogens is 1. The van der Waals surface area contributed by atoms with E-state index in [2.05, 4.69) is 31.1 Å². The van der Waals surface area contributed by atoms with E-state index in [1.54, 1.807) is 13.2 Å². The van der Waals surface area contributed by atoms with Crippen LogP contribution in [-0.2, 0) is 6.42 Å². The highest BCUT2D eigenvalue weighted by atomic mass is 35.5. The number of phenols is 1. The molecule has 24 heavy (non-hydrogen) atoms. The van der Waals surface area contributed by atoms with E-state index in [1.807, 2.05) is 24.3 Å². The quantitative estimate of drug-likeness (QED) is 0.904. The van der Waals surface area contributed by atoms with Gasteiger partial charge in [-0.25, -0.2) is 0 Å². The number of methoxy groups -OCH3 is 1. The Morgan fingerprint density at radius 3 is 2.50 bits per heavy atom. The lowest BCUT2D eigenvalue weighted by Gasteiger charge is -2.27. The van der Waals surface area contributed by atoms with E-state index in [0.717, 1.165) is 30.7 Å². The van der Waals surface area contributed by atoms with E-state index in [4.69, 9.17) is 4.74 Å². The first-order valence-electron chi connectivity index (χ1n) is 7.92. The van der Waals surface area contributed by atoms with Crippen LogP contribution in [0.4, 0.5) is 0 Å². The number of nitrogens with zero attached hydrogens (tertiary/aromatic N) is 1. The van der Waals surface area contributed by atoms with Crippen LogP contribution in [0.2, 0.25) is 0 Å². The third kappa shape index (κ3) is 3.58. The highest BCUT2D eigenvalue weighted by molar-refractivity contribution is 5.86. The molecule has 1 aliphatic carbocycles. The lowest BCUT2D eigenvalue weighted by Crippen LogP contribution is -2.19. The molecule has 2 aromatic carbocycles. The molecular formula is C20H24ClNO2. The fourth-order valence-corrected chi connectivity index (χ4v) is 3.40. The van der Waals surface area contributed by atoms with Crippen LogP contribution in [0.25, 0.3) is 5.57 Å². The van der Waals surface area contributed by atoms with Gasteiger partial charge in [0.2, 0.25) is 0 Å². The molecule has 0 aromatic heterocycles. The minimum atomic E-state index is 0. The monoisotopic (exact) mass is 345 g/mol. The van der Waals surface area contributed by atoms with E-state index >= 15 is 0 Å². The SMILES string of the molecule is COc1cccc2c1CCC(CN(C)C)=C2c1cccc(O)c1.Cl. The van der Waals surface area contributed by atoms with Gasteiger partial charge in [0.15, 0.2) is 0 Å². The zero-order valence-corrected chi connectivity index (χ0v) is 15.2. The van der Waals surface area contributed by atoms with Crippen LogP contribution in [-0.4, -0.2) is 37.8 Å². The number of hydrogen-bond donors (Lipinski definition) is 1. The Balaban J connectivity index is 0.00000208. The van der Waals surface area contributed by atoms with E-state index in [9.17, 15) is 5.11 Å². The van der Waals surface area contributed by atoms with Crippen molar-refractivity contribution >= 4 is 18.0 Å². The Morgan fingerprint density at radius 2 is 1.83 bits per heavy atom. The summed E-state index contributed by atoms with van der Waals surface area (Å²) in [5, 5.41) is 9.90. The van der Waals surface area contributed by atoms with Crippen molar-refractivity contribution in [3.8, 4) is 11.5 Å². The van der Waals surface area contributed by atoms with Gasteiger partial charge >= 0.3 is 0 Å². The van der Waals surface area contributed by atoms with Crippen molar-refractivity contribution in [1.29, 1.82) is 0 Å². The van der Waals surface area contributed by atoms with E-state index in [1.165, 1.54) is 22.3 Å². The summed E-state index contributed by atoms with van der Waals surface area (Å²) in [6.45, 7) is 0.918. The summed E-state index contributed by atoms with van der Waals surface area (Å²) in [6, 6.07) is 13.8. The van der Waals surface area contributed by atoms with Crippen molar-refractivity contribution in [2.45, 2.75) is 12.8 Å². The van der Waals surface area contributed by atoms with Crippen molar-refractivity contribution in [2.24, 2.45) is 0 Å². The third-order valence-corrected chi connectivity index (χ3v) is 4.29. The number of hydrogen-bond acceptors (Lipinski definition) is 3. The molecule has 0 fully saturated rings. The van der Waals surface area contributed by atoms with Crippen molar-refractivity contribution in [2.75, 3.05) is 27.7 Å². The second-order valence-corrected chi connectivity index (χ2v) is 6.25. The predicted octanol–water partition coefficient (Wildman–Crippen LogP) is 4.13. The number of aromatic hydroxyl groups is 1. The summed E-state index contributed by atoms with van der Waals surface area (Å²) < 4.78 is 5.55. The van der Waals surface area contributed by atoms with Crippen molar-refractivity contribution < 1.29 is 9.84 Å². The summed E-state index contributed by atoms with van der Waals surface area (Å²) in [4.78, 5) is 2.20. The predicted molar refractivity (Wildman–Crippen MR) is 101 cm³/mol. The minimum absolute atomic E-state index is 0. The summed E-state index contributed by atoms with van der Waals surface area (Å²) >= 11 is 0. The summed E-state index contributed by atoms with van der Waals surface area (Å²) in [6.07, 6.45) is 2.00. The fourth-order valence-electron chi connectivity index (χ4n) is 3.40. The first-order chi connectivity index (χ1) is 11.1. The average Bonchev–Trinajstić information content (AvgIpc) is 2.53. The number of likely N-dealkylation sites (N-methyl/N-ethyl adjacent to an activating group) is 1. The van der Waals surface area contributed by atoms with Gasteiger partial charge in [-0.05, 0) is 67.4 Å². The normalized spacial score (nSPS) is 13.5. The molecule has 0 heterocycles. The van der Waals surface area contributed by atoms with Gasteiger partial charge in [-0.2, -0.15) is 0 Å². The number of rotatable bonds is 4. The first-order valence-corrected chi connectivity index (χ1v) is 7.92. The lowest BCUT2D eigenvalue weighted by molar-refractivity contribution is 0.407. The standard InChI is InChI=1S/C20H23NO2.ClH/c1-21(2)13-15-10-11-17-18(8-5-9-19(17)23-3)20(15)14-6-4-7-16(22)12-14;/h4-9,12,22H,10-11,13H2,1-3H3;1H. The molecule has 3 nitrogen and oxygen atoms in total. The molecule has 128 valence electrons. The molecule has 4 heteroatoms.